The fourth-order valence-electron chi connectivity index (χ4n) is 7.49. The van der Waals surface area contributed by atoms with Crippen molar-refractivity contribution in [1.82, 2.24) is 19.6 Å². The van der Waals surface area contributed by atoms with E-state index in [1.54, 1.807) is 72.4 Å². The number of likely N-dealkylation sites (N-methyl/N-ethyl adjacent to an activating group) is 2. The molecule has 0 aromatic heterocycles. The minimum absolute atomic E-state index is 0.247. The zero-order chi connectivity index (χ0) is 41.3. The number of carbonyl (C=O) groups excluding carboxylic acids is 6. The van der Waals surface area contributed by atoms with E-state index in [4.69, 9.17) is 0 Å². The van der Waals surface area contributed by atoms with Gasteiger partial charge in [0.1, 0.15) is 24.2 Å². The molecule has 58 heavy (non-hydrogen) atoms. The molecule has 2 fully saturated rings. The van der Waals surface area contributed by atoms with Gasteiger partial charge in [-0.1, -0.05) is 72.5 Å². The largest absolute Gasteiger partial charge is 0.330 e. The fraction of sp³-hybridized carbons (Fsp3) is 0.304. The highest BCUT2D eigenvalue weighted by molar-refractivity contribution is 6.00. The average molecular weight is 781 g/mol. The summed E-state index contributed by atoms with van der Waals surface area (Å²) in [5, 5.41) is 5.88. The Labute approximate surface area is 339 Å². The van der Waals surface area contributed by atoms with Gasteiger partial charge < -0.3 is 30.2 Å². The van der Waals surface area contributed by atoms with Gasteiger partial charge in [-0.15, -0.1) is 0 Å². The van der Waals surface area contributed by atoms with Crippen LogP contribution >= 0.6 is 0 Å². The molecular weight excluding hydrogens is 733 g/mol. The molecule has 6 rings (SSSR count). The Morgan fingerprint density at radius 2 is 0.897 bits per heavy atom. The molecular formula is C46H48N6O6. The van der Waals surface area contributed by atoms with Crippen LogP contribution in [0.4, 0.5) is 11.4 Å². The number of anilines is 2. The van der Waals surface area contributed by atoms with Crippen molar-refractivity contribution >= 4 is 46.8 Å². The third-order valence-corrected chi connectivity index (χ3v) is 10.8. The smallest absolute Gasteiger partial charge is 0.250 e. The second-order valence-electron chi connectivity index (χ2n) is 14.6. The highest BCUT2D eigenvalue weighted by Crippen LogP contribution is 2.30. The summed E-state index contributed by atoms with van der Waals surface area (Å²) in [6.07, 6.45) is 2.38. The summed E-state index contributed by atoms with van der Waals surface area (Å²) < 4.78 is 0. The molecule has 12 nitrogen and oxygen atoms in total. The quantitative estimate of drug-likeness (QED) is 0.207. The molecule has 2 saturated heterocycles. The van der Waals surface area contributed by atoms with E-state index in [1.807, 2.05) is 60.7 Å². The summed E-state index contributed by atoms with van der Waals surface area (Å²) >= 11 is 0. The lowest BCUT2D eigenvalue weighted by atomic mass is 10.0. The Hall–Kier alpha value is -6.74. The molecule has 4 atom stereocenters. The van der Waals surface area contributed by atoms with Gasteiger partial charge in [-0.2, -0.15) is 0 Å². The van der Waals surface area contributed by atoms with Gasteiger partial charge in [-0.05, 0) is 85.3 Å². The molecule has 12 heteroatoms. The number of rotatable bonds is 10. The maximum absolute atomic E-state index is 13.8. The zero-order valence-electron chi connectivity index (χ0n) is 33.2. The van der Waals surface area contributed by atoms with Crippen LogP contribution < -0.4 is 10.6 Å². The van der Waals surface area contributed by atoms with Gasteiger partial charge in [-0.25, -0.2) is 0 Å². The molecule has 0 radical (unpaired) electrons. The van der Waals surface area contributed by atoms with Crippen LogP contribution in [0.5, 0.6) is 0 Å². The summed E-state index contributed by atoms with van der Waals surface area (Å²) in [5.41, 5.74) is 3.96. The SMILES string of the molecule is CC(=O)N(C)[C@H](C(=O)N1CCC[C@H]1C(=O)Nc1ccc(C#Cc2ccc(NC(=O)[C@@H]3CCCN3C(=O)[C@H](c3ccccc3)N(C)C(C)=O)cc2)cc1)c1ccccc1. The summed E-state index contributed by atoms with van der Waals surface area (Å²) in [6, 6.07) is 29.5. The number of likely N-dealkylation sites (tertiary alicyclic amines) is 2. The lowest BCUT2D eigenvalue weighted by Gasteiger charge is -2.33. The first kappa shape index (κ1) is 40.9. The molecule has 298 valence electrons. The standard InChI is InChI=1S/C46H48N6O6/c1-31(53)49(3)41(35-13-7-5-8-14-35)45(57)51-29-11-17-39(51)43(55)47-37-25-21-33(22-26-37)19-20-34-23-27-38(28-24-34)48-44(56)40-18-12-30-52(40)46(58)42(50(4)32(2)54)36-15-9-6-10-16-36/h5-10,13-16,21-28,39-42H,11-12,17-18,29-30H2,1-4H3,(H,47,55)(H,48,56)/t39-,40-,41-,42-/m0/s1. The van der Waals surface area contributed by atoms with Crippen molar-refractivity contribution in [1.29, 1.82) is 0 Å². The Bertz CT molecular complexity index is 2050. The first-order valence-electron chi connectivity index (χ1n) is 19.4. The van der Waals surface area contributed by atoms with Gasteiger partial charge in [0.25, 0.3) is 11.8 Å². The van der Waals surface area contributed by atoms with Crippen molar-refractivity contribution in [2.24, 2.45) is 0 Å². The molecule has 2 aliphatic heterocycles. The molecule has 2 aliphatic rings. The van der Waals surface area contributed by atoms with Gasteiger partial charge in [0.2, 0.25) is 23.6 Å². The number of hydrogen-bond acceptors (Lipinski definition) is 6. The van der Waals surface area contributed by atoms with Crippen LogP contribution in [-0.4, -0.2) is 94.3 Å². The third kappa shape index (κ3) is 9.44. The molecule has 4 aromatic carbocycles. The molecule has 6 amide bonds. The van der Waals surface area contributed by atoms with Gasteiger partial charge in [0, 0.05) is 63.5 Å². The number of amides is 6. The summed E-state index contributed by atoms with van der Waals surface area (Å²) in [6.45, 7) is 3.68. The predicted molar refractivity (Wildman–Crippen MR) is 221 cm³/mol. The lowest BCUT2D eigenvalue weighted by molar-refractivity contribution is -0.146. The summed E-state index contributed by atoms with van der Waals surface area (Å²) in [4.78, 5) is 85.2. The number of benzene rings is 4. The van der Waals surface area contributed by atoms with Crippen LogP contribution in [0.15, 0.2) is 109 Å². The minimum Gasteiger partial charge on any atom is -0.330 e. The Kier molecular flexibility index (Phi) is 13.0. The van der Waals surface area contributed by atoms with Crippen molar-refractivity contribution in [3.05, 3.63) is 131 Å². The number of carbonyl (C=O) groups is 6. The number of nitrogens with zero attached hydrogens (tertiary/aromatic N) is 4. The second kappa shape index (κ2) is 18.5. The van der Waals surface area contributed by atoms with Crippen LogP contribution in [0.25, 0.3) is 0 Å². The van der Waals surface area contributed by atoms with E-state index in [0.29, 0.717) is 61.3 Å². The fourth-order valence-corrected chi connectivity index (χ4v) is 7.49. The van der Waals surface area contributed by atoms with E-state index in [1.165, 1.54) is 23.6 Å². The van der Waals surface area contributed by atoms with E-state index >= 15 is 0 Å². The molecule has 0 unspecified atom stereocenters. The summed E-state index contributed by atoms with van der Waals surface area (Å²) in [5.74, 6) is 4.59. The molecule has 0 bridgehead atoms. The molecule has 4 aromatic rings. The summed E-state index contributed by atoms with van der Waals surface area (Å²) in [7, 11) is 3.19. The van der Waals surface area contributed by atoms with Gasteiger partial charge >= 0.3 is 0 Å². The first-order chi connectivity index (χ1) is 27.9. The van der Waals surface area contributed by atoms with Crippen LogP contribution in [0.2, 0.25) is 0 Å². The Morgan fingerprint density at radius 1 is 0.552 bits per heavy atom. The highest BCUT2D eigenvalue weighted by Gasteiger charge is 2.41. The third-order valence-electron chi connectivity index (χ3n) is 10.8. The molecule has 0 aliphatic carbocycles. The Balaban J connectivity index is 1.05. The molecule has 2 N–H and O–H groups in total. The van der Waals surface area contributed by atoms with E-state index in [2.05, 4.69) is 22.5 Å². The first-order valence-corrected chi connectivity index (χ1v) is 19.4. The molecule has 2 heterocycles. The van der Waals surface area contributed by atoms with Crippen LogP contribution in [0.1, 0.15) is 73.9 Å². The van der Waals surface area contributed by atoms with E-state index < -0.39 is 24.2 Å². The predicted octanol–water partition coefficient (Wildman–Crippen LogP) is 5.38. The minimum atomic E-state index is -0.832. The second-order valence-corrected chi connectivity index (χ2v) is 14.6. The maximum atomic E-state index is 13.8. The van der Waals surface area contributed by atoms with Crippen LogP contribution in [0.3, 0.4) is 0 Å². The van der Waals surface area contributed by atoms with E-state index in [0.717, 1.165) is 11.1 Å². The monoisotopic (exact) mass is 780 g/mol. The van der Waals surface area contributed by atoms with E-state index in [-0.39, 0.29) is 35.4 Å². The number of nitrogens with one attached hydrogen (secondary N) is 2. The van der Waals surface area contributed by atoms with Gasteiger partial charge in [-0.3, -0.25) is 28.8 Å². The van der Waals surface area contributed by atoms with Crippen molar-refractivity contribution in [2.75, 3.05) is 37.8 Å². The van der Waals surface area contributed by atoms with E-state index in [9.17, 15) is 28.8 Å². The van der Waals surface area contributed by atoms with Gasteiger partial charge in [0.05, 0.1) is 0 Å². The molecule has 0 spiro atoms. The maximum Gasteiger partial charge on any atom is 0.250 e. The highest BCUT2D eigenvalue weighted by atomic mass is 16.2. The van der Waals surface area contributed by atoms with Crippen LogP contribution in [-0.2, 0) is 28.8 Å². The van der Waals surface area contributed by atoms with Crippen molar-refractivity contribution in [3.63, 3.8) is 0 Å². The average Bonchev–Trinajstić information content (AvgIpc) is 3.94. The normalized spacial score (nSPS) is 17.0. The van der Waals surface area contributed by atoms with Crippen molar-refractivity contribution in [2.45, 2.75) is 63.7 Å². The van der Waals surface area contributed by atoms with Crippen LogP contribution in [0, 0.1) is 11.8 Å². The van der Waals surface area contributed by atoms with Crippen molar-refractivity contribution < 1.29 is 28.8 Å². The Morgan fingerprint density at radius 3 is 1.22 bits per heavy atom. The zero-order valence-corrected chi connectivity index (χ0v) is 33.2. The lowest BCUT2D eigenvalue weighted by Crippen LogP contribution is -2.48. The van der Waals surface area contributed by atoms with Gasteiger partial charge in [0.15, 0.2) is 0 Å². The molecule has 0 saturated carbocycles. The number of hydrogen-bond donors (Lipinski definition) is 2. The topological polar surface area (TPSA) is 139 Å². The van der Waals surface area contributed by atoms with Crippen molar-refractivity contribution in [3.8, 4) is 11.8 Å².